The van der Waals surface area contributed by atoms with E-state index in [9.17, 15) is 18.0 Å². The van der Waals surface area contributed by atoms with Crippen molar-refractivity contribution in [1.82, 2.24) is 0 Å². The number of hydrogen-bond acceptors (Lipinski definition) is 8. The molecular formula is C14H16N2O7S. The smallest absolute Gasteiger partial charge is 0.350 e. The molecule has 10 heteroatoms. The maximum atomic E-state index is 11.8. The van der Waals surface area contributed by atoms with Crippen LogP contribution in [0.15, 0.2) is 34.9 Å². The highest BCUT2D eigenvalue weighted by molar-refractivity contribution is 7.89. The van der Waals surface area contributed by atoms with E-state index in [1.165, 1.54) is 39.2 Å². The lowest BCUT2D eigenvalue weighted by Gasteiger charge is -2.29. The number of primary sulfonamides is 1. The molecule has 1 aromatic rings. The highest BCUT2D eigenvalue weighted by Gasteiger charge is 2.38. The highest BCUT2D eigenvalue weighted by Crippen LogP contribution is 2.27. The predicted octanol–water partition coefficient (Wildman–Crippen LogP) is 0.474. The van der Waals surface area contributed by atoms with Gasteiger partial charge in [0.25, 0.3) is 5.79 Å². The second kappa shape index (κ2) is 6.13. The Kier molecular flexibility index (Phi) is 4.54. The molecule has 1 fully saturated rings. The summed E-state index contributed by atoms with van der Waals surface area (Å²) in [6.07, 6.45) is 1.06. The van der Waals surface area contributed by atoms with Gasteiger partial charge < -0.3 is 19.5 Å². The quantitative estimate of drug-likeness (QED) is 0.452. The summed E-state index contributed by atoms with van der Waals surface area (Å²) in [6.45, 7) is 2.85. The number of hydrogen-bond donors (Lipinski definition) is 2. The van der Waals surface area contributed by atoms with Crippen LogP contribution in [0.5, 0.6) is 5.75 Å². The summed E-state index contributed by atoms with van der Waals surface area (Å²) >= 11 is 0. The van der Waals surface area contributed by atoms with Crippen molar-refractivity contribution >= 4 is 27.6 Å². The summed E-state index contributed by atoms with van der Waals surface area (Å²) in [5.41, 5.74) is -0.0972. The number of ether oxygens (including phenoxy) is 3. The molecule has 2 rings (SSSR count). The Labute approximate surface area is 138 Å². The Morgan fingerprint density at radius 1 is 1.21 bits per heavy atom. The van der Waals surface area contributed by atoms with Gasteiger partial charge in [-0.3, -0.25) is 0 Å². The van der Waals surface area contributed by atoms with E-state index in [4.69, 9.17) is 19.3 Å². The summed E-state index contributed by atoms with van der Waals surface area (Å²) in [4.78, 5) is 23.4. The van der Waals surface area contributed by atoms with Gasteiger partial charge in [0.2, 0.25) is 10.0 Å². The molecule has 1 saturated heterocycles. The first-order chi connectivity index (χ1) is 11.0. The van der Waals surface area contributed by atoms with Crippen molar-refractivity contribution in [3.05, 3.63) is 30.0 Å². The number of rotatable bonds is 4. The fourth-order valence-corrected chi connectivity index (χ4v) is 2.65. The molecule has 9 nitrogen and oxygen atoms in total. The number of benzene rings is 1. The number of esters is 2. The normalized spacial score (nSPS) is 16.9. The third-order valence-electron chi connectivity index (χ3n) is 2.97. The zero-order chi connectivity index (χ0) is 18.1. The van der Waals surface area contributed by atoms with Gasteiger partial charge in [-0.1, -0.05) is 0 Å². The molecule has 1 aromatic carbocycles. The van der Waals surface area contributed by atoms with Crippen LogP contribution < -0.4 is 15.2 Å². The van der Waals surface area contributed by atoms with E-state index in [0.717, 1.165) is 6.20 Å². The lowest BCUT2D eigenvalue weighted by atomic mass is 10.2. The summed E-state index contributed by atoms with van der Waals surface area (Å²) in [5.74, 6) is -2.99. The molecule has 3 N–H and O–H groups in total. The van der Waals surface area contributed by atoms with Crippen molar-refractivity contribution in [2.45, 2.75) is 24.5 Å². The maximum Gasteiger partial charge on any atom is 0.350 e. The minimum absolute atomic E-state index is 0.0638. The molecule has 0 aromatic heterocycles. The van der Waals surface area contributed by atoms with Crippen molar-refractivity contribution in [3.8, 4) is 5.75 Å². The number of anilines is 1. The van der Waals surface area contributed by atoms with Crippen LogP contribution in [0, 0.1) is 0 Å². The van der Waals surface area contributed by atoms with Crippen molar-refractivity contribution < 1.29 is 32.2 Å². The van der Waals surface area contributed by atoms with Crippen LogP contribution >= 0.6 is 0 Å². The molecule has 0 radical (unpaired) electrons. The molecule has 0 atom stereocenters. The molecule has 0 aliphatic carbocycles. The second-order valence-electron chi connectivity index (χ2n) is 5.29. The van der Waals surface area contributed by atoms with E-state index in [1.807, 2.05) is 0 Å². The monoisotopic (exact) mass is 356 g/mol. The SMILES string of the molecule is COc1ccc(NC=C2C(=O)OC(C)(C)OC2=O)cc1S(N)(=O)=O. The van der Waals surface area contributed by atoms with E-state index < -0.39 is 27.7 Å². The first-order valence-electron chi connectivity index (χ1n) is 6.68. The van der Waals surface area contributed by atoms with E-state index in [0.29, 0.717) is 0 Å². The number of sulfonamides is 1. The summed E-state index contributed by atoms with van der Waals surface area (Å²) in [7, 11) is -2.72. The largest absolute Gasteiger partial charge is 0.495 e. The van der Waals surface area contributed by atoms with E-state index in [2.05, 4.69) is 5.32 Å². The van der Waals surface area contributed by atoms with Crippen LogP contribution in [0.1, 0.15) is 13.8 Å². The van der Waals surface area contributed by atoms with Gasteiger partial charge in [-0.2, -0.15) is 0 Å². The number of carbonyl (C=O) groups is 2. The van der Waals surface area contributed by atoms with Crippen LogP contribution in [0.3, 0.4) is 0 Å². The van der Waals surface area contributed by atoms with E-state index >= 15 is 0 Å². The standard InChI is InChI=1S/C14H16N2O7S/c1-14(2)22-12(17)9(13(18)23-14)7-16-8-4-5-10(21-3)11(6-8)24(15,19)20/h4-7,16H,1-3H3,(H2,15,19,20). The van der Waals surface area contributed by atoms with Gasteiger partial charge in [-0.15, -0.1) is 0 Å². The number of cyclic esters (lactones) is 2. The zero-order valence-corrected chi connectivity index (χ0v) is 14.0. The maximum absolute atomic E-state index is 11.8. The molecule has 130 valence electrons. The molecule has 1 aliphatic heterocycles. The van der Waals surface area contributed by atoms with Crippen LogP contribution in [-0.4, -0.2) is 33.3 Å². The minimum Gasteiger partial charge on any atom is -0.495 e. The van der Waals surface area contributed by atoms with Crippen LogP contribution in [0.4, 0.5) is 5.69 Å². The summed E-state index contributed by atoms with van der Waals surface area (Å²) in [5, 5.41) is 7.74. The second-order valence-corrected chi connectivity index (χ2v) is 6.82. The van der Waals surface area contributed by atoms with Gasteiger partial charge in [0, 0.05) is 25.7 Å². The number of nitrogens with two attached hydrogens (primary N) is 1. The van der Waals surface area contributed by atoms with Gasteiger partial charge >= 0.3 is 11.9 Å². The van der Waals surface area contributed by atoms with Gasteiger partial charge in [0.1, 0.15) is 10.6 Å². The van der Waals surface area contributed by atoms with Crippen molar-refractivity contribution in [1.29, 1.82) is 0 Å². The third kappa shape index (κ3) is 3.84. The van der Waals surface area contributed by atoms with Crippen LogP contribution in [0.25, 0.3) is 0 Å². The van der Waals surface area contributed by atoms with Crippen molar-refractivity contribution in [2.75, 3.05) is 12.4 Å². The highest BCUT2D eigenvalue weighted by atomic mass is 32.2. The lowest BCUT2D eigenvalue weighted by molar-refractivity contribution is -0.222. The average Bonchev–Trinajstić information content (AvgIpc) is 2.44. The Bertz CT molecular complexity index is 806. The Morgan fingerprint density at radius 2 is 1.79 bits per heavy atom. The first-order valence-corrected chi connectivity index (χ1v) is 8.22. The van der Waals surface area contributed by atoms with Crippen LogP contribution in [-0.2, 0) is 29.1 Å². The molecule has 0 spiro atoms. The average molecular weight is 356 g/mol. The molecule has 0 bridgehead atoms. The summed E-state index contributed by atoms with van der Waals surface area (Å²) < 4.78 is 37.9. The number of nitrogens with one attached hydrogen (secondary N) is 1. The Hall–Kier alpha value is -2.59. The zero-order valence-electron chi connectivity index (χ0n) is 13.2. The fraction of sp³-hybridized carbons (Fsp3) is 0.286. The van der Waals surface area contributed by atoms with Gasteiger partial charge in [0.05, 0.1) is 7.11 Å². The Morgan fingerprint density at radius 3 is 2.29 bits per heavy atom. The van der Waals surface area contributed by atoms with Crippen LogP contribution in [0.2, 0.25) is 0 Å². The van der Waals surface area contributed by atoms with E-state index in [1.54, 1.807) is 0 Å². The fourth-order valence-electron chi connectivity index (χ4n) is 1.92. The van der Waals surface area contributed by atoms with Crippen molar-refractivity contribution in [2.24, 2.45) is 5.14 Å². The number of carbonyl (C=O) groups excluding carboxylic acids is 2. The van der Waals surface area contributed by atoms with Gasteiger partial charge in [0.15, 0.2) is 5.57 Å². The molecule has 0 unspecified atom stereocenters. The van der Waals surface area contributed by atoms with Crippen molar-refractivity contribution in [3.63, 3.8) is 0 Å². The minimum atomic E-state index is -4.02. The molecular weight excluding hydrogens is 340 g/mol. The molecule has 0 amide bonds. The van der Waals surface area contributed by atoms with E-state index in [-0.39, 0.29) is 21.9 Å². The Balaban J connectivity index is 2.29. The van der Waals surface area contributed by atoms with Gasteiger partial charge in [-0.05, 0) is 18.2 Å². The predicted molar refractivity (Wildman–Crippen MR) is 82.3 cm³/mol. The van der Waals surface area contributed by atoms with Gasteiger partial charge in [-0.25, -0.2) is 23.1 Å². The molecule has 1 heterocycles. The first kappa shape index (κ1) is 17.8. The molecule has 0 saturated carbocycles. The lowest BCUT2D eigenvalue weighted by Crippen LogP contribution is -2.42. The molecule has 24 heavy (non-hydrogen) atoms. The number of methoxy groups -OCH3 is 1. The topological polar surface area (TPSA) is 134 Å². The third-order valence-corrected chi connectivity index (χ3v) is 3.90. The molecule has 1 aliphatic rings. The summed E-state index contributed by atoms with van der Waals surface area (Å²) in [6, 6.07) is 4.06.